The molecule has 3 rings (SSSR count). The van der Waals surface area contributed by atoms with E-state index in [0.717, 1.165) is 17.0 Å². The lowest BCUT2D eigenvalue weighted by Gasteiger charge is -2.23. The number of carbonyl (C=O) groups is 2. The van der Waals surface area contributed by atoms with E-state index in [0.29, 0.717) is 30.0 Å². The van der Waals surface area contributed by atoms with Crippen molar-refractivity contribution in [1.29, 1.82) is 0 Å². The molecule has 1 unspecified atom stereocenters. The Hall–Kier alpha value is -2.83. The molecule has 1 aromatic carbocycles. The van der Waals surface area contributed by atoms with Gasteiger partial charge < -0.3 is 19.9 Å². The van der Waals surface area contributed by atoms with Crippen LogP contribution in [0.15, 0.2) is 22.7 Å². The molecule has 0 bridgehead atoms. The number of nitrogens with zero attached hydrogens (tertiary/aromatic N) is 1. The largest absolute Gasteiger partial charge is 0.479 e. The third-order valence-electron chi connectivity index (χ3n) is 3.98. The van der Waals surface area contributed by atoms with Crippen molar-refractivity contribution in [3.8, 4) is 5.75 Å². The Morgan fingerprint density at radius 1 is 1.38 bits per heavy atom. The summed E-state index contributed by atoms with van der Waals surface area (Å²) in [7, 11) is 0. The molecule has 1 atom stereocenters. The van der Waals surface area contributed by atoms with Crippen molar-refractivity contribution < 1.29 is 18.8 Å². The highest BCUT2D eigenvalue weighted by atomic mass is 16.5. The molecular weight excluding hydrogens is 310 g/mol. The Labute approximate surface area is 139 Å². The number of ether oxygens (including phenoxy) is 1. The van der Waals surface area contributed by atoms with Gasteiger partial charge in [0.25, 0.3) is 5.91 Å². The van der Waals surface area contributed by atoms with Crippen LogP contribution in [-0.2, 0) is 16.0 Å². The maximum atomic E-state index is 12.1. The van der Waals surface area contributed by atoms with Gasteiger partial charge >= 0.3 is 0 Å². The molecule has 2 aromatic rings. The minimum atomic E-state index is -0.520. The van der Waals surface area contributed by atoms with E-state index in [2.05, 4.69) is 15.8 Å². The molecule has 7 nitrogen and oxygen atoms in total. The van der Waals surface area contributed by atoms with Crippen LogP contribution in [0.2, 0.25) is 0 Å². The average Bonchev–Trinajstić information content (AvgIpc) is 2.85. The number of benzene rings is 1. The zero-order valence-electron chi connectivity index (χ0n) is 13.8. The number of rotatable bonds is 4. The van der Waals surface area contributed by atoms with Gasteiger partial charge in [0, 0.05) is 17.7 Å². The number of carbonyl (C=O) groups excluding carboxylic acids is 2. The minimum absolute atomic E-state index is 0.119. The summed E-state index contributed by atoms with van der Waals surface area (Å²) in [5, 5.41) is 9.46. The number of anilines is 2. The highest BCUT2D eigenvalue weighted by Gasteiger charge is 2.23. The molecule has 1 aromatic heterocycles. The minimum Gasteiger partial charge on any atom is -0.479 e. The topological polar surface area (TPSA) is 93.5 Å². The molecule has 2 heterocycles. The van der Waals surface area contributed by atoms with Crippen molar-refractivity contribution in [1.82, 2.24) is 5.16 Å². The molecule has 0 radical (unpaired) electrons. The fourth-order valence-corrected chi connectivity index (χ4v) is 2.61. The molecule has 7 heteroatoms. The van der Waals surface area contributed by atoms with Gasteiger partial charge in [-0.1, -0.05) is 5.16 Å². The highest BCUT2D eigenvalue weighted by Crippen LogP contribution is 2.32. The Morgan fingerprint density at radius 3 is 2.88 bits per heavy atom. The van der Waals surface area contributed by atoms with E-state index in [9.17, 15) is 9.59 Å². The van der Waals surface area contributed by atoms with Gasteiger partial charge in [-0.2, -0.15) is 0 Å². The van der Waals surface area contributed by atoms with Gasteiger partial charge in [0.15, 0.2) is 6.10 Å². The molecular formula is C17H19N3O4. The summed E-state index contributed by atoms with van der Waals surface area (Å²) >= 11 is 0. The fourth-order valence-electron chi connectivity index (χ4n) is 2.61. The van der Waals surface area contributed by atoms with Crippen LogP contribution < -0.4 is 15.4 Å². The third-order valence-corrected chi connectivity index (χ3v) is 3.98. The fraction of sp³-hybridized carbons (Fsp3) is 0.353. The second-order valence-corrected chi connectivity index (χ2v) is 5.81. The van der Waals surface area contributed by atoms with Crippen LogP contribution in [0.25, 0.3) is 0 Å². The second kappa shape index (κ2) is 6.35. The van der Waals surface area contributed by atoms with Crippen LogP contribution in [0.4, 0.5) is 11.4 Å². The van der Waals surface area contributed by atoms with Crippen LogP contribution >= 0.6 is 0 Å². The van der Waals surface area contributed by atoms with Gasteiger partial charge in [-0.15, -0.1) is 0 Å². The number of aromatic nitrogens is 1. The van der Waals surface area contributed by atoms with Crippen molar-refractivity contribution in [2.45, 2.75) is 39.7 Å². The van der Waals surface area contributed by atoms with Gasteiger partial charge in [0.1, 0.15) is 11.5 Å². The molecule has 2 N–H and O–H groups in total. The lowest BCUT2D eigenvalue weighted by atomic mass is 10.1. The van der Waals surface area contributed by atoms with Crippen LogP contribution in [0.3, 0.4) is 0 Å². The van der Waals surface area contributed by atoms with E-state index in [1.165, 1.54) is 0 Å². The maximum Gasteiger partial charge on any atom is 0.265 e. The molecule has 0 saturated heterocycles. The summed E-state index contributed by atoms with van der Waals surface area (Å²) in [6.07, 6.45) is 0.364. The van der Waals surface area contributed by atoms with E-state index < -0.39 is 6.10 Å². The molecule has 1 aliphatic rings. The first-order valence-corrected chi connectivity index (χ1v) is 7.77. The van der Waals surface area contributed by atoms with Gasteiger partial charge in [0.2, 0.25) is 5.91 Å². The molecule has 0 spiro atoms. The zero-order chi connectivity index (χ0) is 17.3. The van der Waals surface area contributed by atoms with Gasteiger partial charge in [0.05, 0.1) is 11.4 Å². The van der Waals surface area contributed by atoms with E-state index in [4.69, 9.17) is 9.26 Å². The predicted molar refractivity (Wildman–Crippen MR) is 88.1 cm³/mol. The van der Waals surface area contributed by atoms with Crippen LogP contribution in [0, 0.1) is 13.8 Å². The summed E-state index contributed by atoms with van der Waals surface area (Å²) in [5.74, 6) is 1.01. The first kappa shape index (κ1) is 16.0. The van der Waals surface area contributed by atoms with E-state index in [-0.39, 0.29) is 11.8 Å². The highest BCUT2D eigenvalue weighted by molar-refractivity contribution is 5.99. The van der Waals surface area contributed by atoms with Crippen LogP contribution in [-0.4, -0.2) is 23.1 Å². The molecule has 0 aliphatic carbocycles. The molecule has 2 amide bonds. The van der Waals surface area contributed by atoms with Crippen molar-refractivity contribution in [3.63, 3.8) is 0 Å². The van der Waals surface area contributed by atoms with Crippen molar-refractivity contribution >= 4 is 23.2 Å². The first-order valence-electron chi connectivity index (χ1n) is 7.77. The number of hydrogen-bond acceptors (Lipinski definition) is 5. The van der Waals surface area contributed by atoms with Crippen LogP contribution in [0.1, 0.15) is 30.4 Å². The number of nitrogens with one attached hydrogen (secondary N) is 2. The standard InChI is InChI=1S/C17H19N3O4/c1-9-13(10(2)24-20-9)5-7-16(21)18-12-4-6-15-14(8-12)19-17(22)11(3)23-15/h4,6,8,11H,5,7H2,1-3H3,(H,18,21)(H,19,22). The Morgan fingerprint density at radius 2 is 2.17 bits per heavy atom. The van der Waals surface area contributed by atoms with E-state index in [1.807, 2.05) is 13.8 Å². The zero-order valence-corrected chi connectivity index (χ0v) is 13.8. The summed E-state index contributed by atoms with van der Waals surface area (Å²) in [6.45, 7) is 5.37. The van der Waals surface area contributed by atoms with E-state index >= 15 is 0 Å². The smallest absolute Gasteiger partial charge is 0.265 e. The van der Waals surface area contributed by atoms with E-state index in [1.54, 1.807) is 25.1 Å². The predicted octanol–water partition coefficient (Wildman–Crippen LogP) is 2.58. The number of fused-ring (bicyclic) bond motifs is 1. The van der Waals surface area contributed by atoms with Gasteiger partial charge in [-0.05, 0) is 45.4 Å². The monoisotopic (exact) mass is 329 g/mol. The summed E-state index contributed by atoms with van der Waals surface area (Å²) in [6, 6.07) is 5.17. The van der Waals surface area contributed by atoms with Crippen molar-refractivity contribution in [2.24, 2.45) is 0 Å². The van der Waals surface area contributed by atoms with Gasteiger partial charge in [-0.3, -0.25) is 9.59 Å². The summed E-state index contributed by atoms with van der Waals surface area (Å²) < 4.78 is 10.6. The third kappa shape index (κ3) is 3.24. The number of amides is 2. The Balaban J connectivity index is 1.63. The first-order chi connectivity index (χ1) is 11.4. The van der Waals surface area contributed by atoms with Crippen LogP contribution in [0.5, 0.6) is 5.75 Å². The normalized spacial score (nSPS) is 16.1. The lowest BCUT2D eigenvalue weighted by molar-refractivity contribution is -0.122. The van der Waals surface area contributed by atoms with Crippen molar-refractivity contribution in [3.05, 3.63) is 35.2 Å². The lowest BCUT2D eigenvalue weighted by Crippen LogP contribution is -2.34. The SMILES string of the molecule is Cc1noc(C)c1CCC(=O)Nc1ccc2c(c1)NC(=O)C(C)O2. The number of hydrogen-bond donors (Lipinski definition) is 2. The molecule has 24 heavy (non-hydrogen) atoms. The Kier molecular flexibility index (Phi) is 4.24. The molecule has 1 aliphatic heterocycles. The number of aryl methyl sites for hydroxylation is 2. The molecule has 126 valence electrons. The molecule has 0 saturated carbocycles. The maximum absolute atomic E-state index is 12.1. The molecule has 0 fully saturated rings. The average molecular weight is 329 g/mol. The summed E-state index contributed by atoms with van der Waals surface area (Å²) in [4.78, 5) is 23.8. The van der Waals surface area contributed by atoms with Gasteiger partial charge in [-0.25, -0.2) is 0 Å². The Bertz CT molecular complexity index is 778. The second-order valence-electron chi connectivity index (χ2n) is 5.81. The quantitative estimate of drug-likeness (QED) is 0.899. The van der Waals surface area contributed by atoms with Crippen molar-refractivity contribution in [2.75, 3.05) is 10.6 Å². The summed E-state index contributed by atoms with van der Waals surface area (Å²) in [5.41, 5.74) is 2.94.